The van der Waals surface area contributed by atoms with Gasteiger partial charge in [-0.15, -0.1) is 0 Å². The van der Waals surface area contributed by atoms with Crippen molar-refractivity contribution < 1.29 is 13.6 Å². The lowest BCUT2D eigenvalue weighted by atomic mass is 9.77. The third-order valence-electron chi connectivity index (χ3n) is 5.74. The summed E-state index contributed by atoms with van der Waals surface area (Å²) in [6.45, 7) is 5.21. The van der Waals surface area contributed by atoms with Gasteiger partial charge in [0.25, 0.3) is 6.43 Å². The van der Waals surface area contributed by atoms with Gasteiger partial charge in [-0.2, -0.15) is 0 Å². The number of alkyl halides is 2. The van der Waals surface area contributed by atoms with Crippen LogP contribution in [0.3, 0.4) is 0 Å². The predicted molar refractivity (Wildman–Crippen MR) is 102 cm³/mol. The van der Waals surface area contributed by atoms with Crippen LogP contribution in [0, 0.1) is 11.8 Å². The van der Waals surface area contributed by atoms with E-state index in [2.05, 4.69) is 32.8 Å². The molecule has 2 saturated heterocycles. The molecule has 0 spiro atoms. The Morgan fingerprint density at radius 2 is 1.96 bits per heavy atom. The van der Waals surface area contributed by atoms with E-state index in [1.165, 1.54) is 18.5 Å². The van der Waals surface area contributed by atoms with E-state index in [-0.39, 0.29) is 17.0 Å². The Kier molecular flexibility index (Phi) is 5.25. The van der Waals surface area contributed by atoms with E-state index in [0.29, 0.717) is 36.7 Å². The maximum absolute atomic E-state index is 13.5. The molecule has 1 amide bonds. The first kappa shape index (κ1) is 19.1. The van der Waals surface area contributed by atoms with Crippen LogP contribution < -0.4 is 16.0 Å². The topological polar surface area (TPSA) is 78.9 Å². The van der Waals surface area contributed by atoms with Crippen molar-refractivity contribution in [2.45, 2.75) is 31.7 Å². The van der Waals surface area contributed by atoms with Gasteiger partial charge < -0.3 is 16.0 Å². The second kappa shape index (κ2) is 7.67. The summed E-state index contributed by atoms with van der Waals surface area (Å²) in [5, 5.41) is 9.80. The Labute approximate surface area is 162 Å². The molecule has 3 N–H and O–H groups in total. The molecule has 0 radical (unpaired) electrons. The fraction of sp³-hybridized carbons (Fsp3) is 0.550. The van der Waals surface area contributed by atoms with Crippen molar-refractivity contribution >= 4 is 16.9 Å². The number of hydrogen-bond acceptors (Lipinski definition) is 5. The zero-order valence-electron chi connectivity index (χ0n) is 15.8. The van der Waals surface area contributed by atoms with Crippen molar-refractivity contribution in [1.82, 2.24) is 25.9 Å². The van der Waals surface area contributed by atoms with Gasteiger partial charge in [0.1, 0.15) is 0 Å². The molecular formula is C20H25F2N5O. The van der Waals surface area contributed by atoms with Crippen molar-refractivity contribution in [1.29, 1.82) is 0 Å². The lowest BCUT2D eigenvalue weighted by Gasteiger charge is -2.42. The minimum absolute atomic E-state index is 0.0163. The van der Waals surface area contributed by atoms with Gasteiger partial charge in [-0.05, 0) is 37.9 Å². The van der Waals surface area contributed by atoms with E-state index < -0.39 is 12.0 Å². The van der Waals surface area contributed by atoms with Gasteiger partial charge in [0, 0.05) is 36.5 Å². The zero-order chi connectivity index (χ0) is 19.7. The monoisotopic (exact) mass is 389 g/mol. The molecule has 150 valence electrons. The van der Waals surface area contributed by atoms with E-state index in [1.807, 2.05) is 0 Å². The predicted octanol–water partition coefficient (Wildman–Crippen LogP) is 2.12. The highest BCUT2D eigenvalue weighted by Gasteiger charge is 2.40. The van der Waals surface area contributed by atoms with Crippen LogP contribution in [-0.4, -0.2) is 42.1 Å². The average molecular weight is 389 g/mol. The number of amides is 1. The molecule has 0 saturated carbocycles. The molecule has 2 atom stereocenters. The third kappa shape index (κ3) is 3.58. The number of carbonyl (C=O) groups excluding carboxylic acids is 1. The lowest BCUT2D eigenvalue weighted by molar-refractivity contribution is -0.124. The summed E-state index contributed by atoms with van der Waals surface area (Å²) < 4.78 is 26.9. The number of piperidine rings is 1. The smallest absolute Gasteiger partial charge is 0.266 e. The highest BCUT2D eigenvalue weighted by atomic mass is 19.3. The van der Waals surface area contributed by atoms with Gasteiger partial charge in [0.2, 0.25) is 5.91 Å². The summed E-state index contributed by atoms with van der Waals surface area (Å²) in [6.07, 6.45) is 1.48. The van der Waals surface area contributed by atoms with Crippen molar-refractivity contribution in [2.24, 2.45) is 11.8 Å². The molecule has 2 fully saturated rings. The van der Waals surface area contributed by atoms with Crippen LogP contribution >= 0.6 is 0 Å². The summed E-state index contributed by atoms with van der Waals surface area (Å²) in [4.78, 5) is 21.3. The molecular weight excluding hydrogens is 364 g/mol. The molecule has 2 aliphatic heterocycles. The second-order valence-electron chi connectivity index (χ2n) is 8.06. The quantitative estimate of drug-likeness (QED) is 0.730. The molecule has 6 nitrogen and oxygen atoms in total. The number of nitrogens with one attached hydrogen (secondary N) is 3. The molecule has 0 aliphatic carbocycles. The number of rotatable bonds is 5. The van der Waals surface area contributed by atoms with Crippen LogP contribution in [0.5, 0.6) is 0 Å². The average Bonchev–Trinajstić information content (AvgIpc) is 2.63. The number of benzene rings is 1. The highest BCUT2D eigenvalue weighted by molar-refractivity contribution is 5.84. The maximum Gasteiger partial charge on any atom is 0.266 e. The number of hydrogen-bond donors (Lipinski definition) is 3. The van der Waals surface area contributed by atoms with Gasteiger partial charge >= 0.3 is 0 Å². The summed E-state index contributed by atoms with van der Waals surface area (Å²) in [6, 6.07) is 3.10. The molecule has 1 aromatic carbocycles. The van der Waals surface area contributed by atoms with Gasteiger partial charge in [0.15, 0.2) is 0 Å². The fourth-order valence-corrected chi connectivity index (χ4v) is 4.35. The first-order chi connectivity index (χ1) is 13.5. The number of carbonyl (C=O) groups is 1. The minimum Gasteiger partial charge on any atom is -0.345 e. The standard InChI is InChI=1S/C20H25F2N5O/c1-12-7-20(11-24-8-12,27-16(28)6-13-9-23-10-13)15-3-2-14(19(21)22)17-18(15)26-5-4-25-17/h2-5,12-13,19,23-24H,6-11H2,1H3,(H,27,28)/t12-,20-/m0/s1. The zero-order valence-corrected chi connectivity index (χ0v) is 15.8. The lowest BCUT2D eigenvalue weighted by Crippen LogP contribution is -2.58. The number of halogens is 2. The molecule has 0 unspecified atom stereocenters. The molecule has 1 aromatic heterocycles. The van der Waals surface area contributed by atoms with E-state index in [1.54, 1.807) is 6.07 Å². The molecule has 28 heavy (non-hydrogen) atoms. The molecule has 3 heterocycles. The first-order valence-electron chi connectivity index (χ1n) is 9.73. The Morgan fingerprint density at radius 1 is 1.21 bits per heavy atom. The Bertz CT molecular complexity index is 873. The van der Waals surface area contributed by atoms with Crippen LogP contribution in [0.15, 0.2) is 24.5 Å². The number of nitrogens with zero attached hydrogens (tertiary/aromatic N) is 2. The van der Waals surface area contributed by atoms with Gasteiger partial charge in [0.05, 0.1) is 16.6 Å². The van der Waals surface area contributed by atoms with Crippen molar-refractivity contribution in [2.75, 3.05) is 26.2 Å². The van der Waals surface area contributed by atoms with Gasteiger partial charge in [-0.25, -0.2) is 8.78 Å². The number of fused-ring (bicyclic) bond motifs is 1. The second-order valence-corrected chi connectivity index (χ2v) is 8.06. The molecule has 2 aromatic rings. The van der Waals surface area contributed by atoms with E-state index in [9.17, 15) is 13.6 Å². The minimum atomic E-state index is -2.63. The van der Waals surface area contributed by atoms with Gasteiger partial charge in [-0.3, -0.25) is 14.8 Å². The highest BCUT2D eigenvalue weighted by Crippen LogP contribution is 2.37. The first-order valence-corrected chi connectivity index (χ1v) is 9.73. The normalized spacial score (nSPS) is 25.6. The summed E-state index contributed by atoms with van der Waals surface area (Å²) in [7, 11) is 0. The van der Waals surface area contributed by atoms with Crippen LogP contribution in [0.1, 0.15) is 37.3 Å². The van der Waals surface area contributed by atoms with E-state index >= 15 is 0 Å². The Balaban J connectivity index is 1.76. The molecule has 8 heteroatoms. The summed E-state index contributed by atoms with van der Waals surface area (Å²) >= 11 is 0. The Hall–Kier alpha value is -2.19. The van der Waals surface area contributed by atoms with Crippen molar-refractivity contribution in [3.8, 4) is 0 Å². The van der Waals surface area contributed by atoms with Crippen LogP contribution in [0.4, 0.5) is 8.78 Å². The summed E-state index contributed by atoms with van der Waals surface area (Å²) in [5.41, 5.74) is 0.553. The number of aromatic nitrogens is 2. The van der Waals surface area contributed by atoms with Crippen LogP contribution in [0.25, 0.3) is 11.0 Å². The summed E-state index contributed by atoms with van der Waals surface area (Å²) in [5.74, 6) is 0.655. The molecule has 2 aliphatic rings. The molecule has 0 bridgehead atoms. The fourth-order valence-electron chi connectivity index (χ4n) is 4.35. The van der Waals surface area contributed by atoms with E-state index in [4.69, 9.17) is 0 Å². The Morgan fingerprint density at radius 3 is 2.61 bits per heavy atom. The van der Waals surface area contributed by atoms with Crippen molar-refractivity contribution in [3.05, 3.63) is 35.7 Å². The van der Waals surface area contributed by atoms with Crippen LogP contribution in [0.2, 0.25) is 0 Å². The van der Waals surface area contributed by atoms with E-state index in [0.717, 1.165) is 25.2 Å². The van der Waals surface area contributed by atoms with Crippen LogP contribution in [-0.2, 0) is 10.3 Å². The van der Waals surface area contributed by atoms with Crippen molar-refractivity contribution in [3.63, 3.8) is 0 Å². The van der Waals surface area contributed by atoms with Gasteiger partial charge in [-0.1, -0.05) is 19.1 Å². The largest absolute Gasteiger partial charge is 0.345 e. The SMILES string of the molecule is C[C@@H]1CNC[C@](NC(=O)CC2CNC2)(c2ccc(C(F)F)c3nccnc23)C1. The molecule has 4 rings (SSSR count). The maximum atomic E-state index is 13.5. The third-order valence-corrected chi connectivity index (χ3v) is 5.74.